The molecule has 0 aromatic rings. The van der Waals surface area contributed by atoms with Crippen molar-refractivity contribution >= 4 is 5.97 Å². The third-order valence-corrected chi connectivity index (χ3v) is 2.30. The van der Waals surface area contributed by atoms with Crippen molar-refractivity contribution in [2.24, 2.45) is 0 Å². The Morgan fingerprint density at radius 2 is 1.81 bits per heavy atom. The number of nitrogens with one attached hydrogen (secondary N) is 1. The molecule has 0 fully saturated rings. The van der Waals surface area contributed by atoms with Crippen molar-refractivity contribution in [3.8, 4) is 0 Å². The Morgan fingerprint density at radius 1 is 1.31 bits per heavy atom. The molecule has 2 N–H and O–H groups in total. The molecular formula is C9H16F3NO3. The number of carboxylic acids is 1. The molecule has 0 amide bonds. The van der Waals surface area contributed by atoms with Crippen molar-refractivity contribution in [3.63, 3.8) is 0 Å². The molecule has 1 atom stereocenters. The number of aliphatic carboxylic acids is 1. The van der Waals surface area contributed by atoms with E-state index >= 15 is 0 Å². The summed E-state index contributed by atoms with van der Waals surface area (Å²) in [5, 5.41) is 11.4. The molecule has 0 heterocycles. The van der Waals surface area contributed by atoms with Gasteiger partial charge < -0.3 is 15.2 Å². The smallest absolute Gasteiger partial charge is 0.391 e. The lowest BCUT2D eigenvalue weighted by Crippen LogP contribution is -2.48. The van der Waals surface area contributed by atoms with Crippen molar-refractivity contribution in [3.05, 3.63) is 0 Å². The molecule has 0 saturated carbocycles. The van der Waals surface area contributed by atoms with Crippen LogP contribution in [0.1, 0.15) is 19.8 Å². The van der Waals surface area contributed by atoms with Crippen LogP contribution in [-0.4, -0.2) is 43.1 Å². The molecule has 0 bridgehead atoms. The first kappa shape index (κ1) is 15.2. The van der Waals surface area contributed by atoms with Gasteiger partial charge in [-0.25, -0.2) is 0 Å². The molecule has 1 unspecified atom stereocenters. The highest BCUT2D eigenvalue weighted by atomic mass is 19.4. The largest absolute Gasteiger partial charge is 0.480 e. The number of ether oxygens (including phenoxy) is 1. The standard InChI is InChI=1S/C9H16F3NO3/c1-8(13-2,7(14)15)3-5-16-6-4-9(10,11)12/h13H,3-6H2,1-2H3,(H,14,15). The van der Waals surface area contributed by atoms with Gasteiger partial charge >= 0.3 is 12.1 Å². The van der Waals surface area contributed by atoms with Gasteiger partial charge in [-0.1, -0.05) is 0 Å². The molecular weight excluding hydrogens is 227 g/mol. The van der Waals surface area contributed by atoms with Crippen LogP contribution in [0.15, 0.2) is 0 Å². The van der Waals surface area contributed by atoms with E-state index in [1.807, 2.05) is 0 Å². The van der Waals surface area contributed by atoms with E-state index < -0.39 is 30.7 Å². The molecule has 0 spiro atoms. The maximum atomic E-state index is 11.7. The molecule has 0 aliphatic carbocycles. The van der Waals surface area contributed by atoms with E-state index in [2.05, 4.69) is 5.32 Å². The van der Waals surface area contributed by atoms with Gasteiger partial charge in [0.2, 0.25) is 0 Å². The molecule has 16 heavy (non-hydrogen) atoms. The van der Waals surface area contributed by atoms with Gasteiger partial charge in [-0.15, -0.1) is 0 Å². The topological polar surface area (TPSA) is 58.6 Å². The second-order valence-corrected chi connectivity index (χ2v) is 3.61. The van der Waals surface area contributed by atoms with E-state index in [0.29, 0.717) is 0 Å². The van der Waals surface area contributed by atoms with Crippen molar-refractivity contribution in [2.45, 2.75) is 31.5 Å². The van der Waals surface area contributed by atoms with Gasteiger partial charge in [0.25, 0.3) is 0 Å². The maximum absolute atomic E-state index is 11.7. The van der Waals surface area contributed by atoms with Crippen LogP contribution in [0.5, 0.6) is 0 Å². The van der Waals surface area contributed by atoms with E-state index in [9.17, 15) is 18.0 Å². The Morgan fingerprint density at radius 3 is 2.19 bits per heavy atom. The Balaban J connectivity index is 3.77. The predicted molar refractivity (Wildman–Crippen MR) is 51.2 cm³/mol. The Kier molecular flexibility index (Phi) is 5.74. The third-order valence-electron chi connectivity index (χ3n) is 2.30. The fourth-order valence-electron chi connectivity index (χ4n) is 0.905. The number of likely N-dealkylation sites (N-methyl/N-ethyl adjacent to an activating group) is 1. The molecule has 0 aromatic heterocycles. The van der Waals surface area contributed by atoms with Gasteiger partial charge in [0.05, 0.1) is 13.0 Å². The Bertz CT molecular complexity index is 233. The summed E-state index contributed by atoms with van der Waals surface area (Å²) in [5.41, 5.74) is -1.17. The number of halogens is 3. The number of rotatable bonds is 7. The van der Waals surface area contributed by atoms with Crippen molar-refractivity contribution < 1.29 is 27.8 Å². The zero-order chi connectivity index (χ0) is 12.8. The second kappa shape index (κ2) is 6.05. The molecule has 0 aromatic carbocycles. The maximum Gasteiger partial charge on any atom is 0.391 e. The van der Waals surface area contributed by atoms with Crippen LogP contribution in [0.2, 0.25) is 0 Å². The minimum atomic E-state index is -4.24. The number of hydrogen-bond donors (Lipinski definition) is 2. The fraction of sp³-hybridized carbons (Fsp3) is 0.889. The van der Waals surface area contributed by atoms with Gasteiger partial charge in [0.1, 0.15) is 5.54 Å². The lowest BCUT2D eigenvalue weighted by atomic mass is 9.99. The first-order valence-electron chi connectivity index (χ1n) is 4.78. The van der Waals surface area contributed by atoms with Crippen LogP contribution < -0.4 is 5.32 Å². The van der Waals surface area contributed by atoms with Gasteiger partial charge in [-0.2, -0.15) is 13.2 Å². The van der Waals surface area contributed by atoms with Crippen LogP contribution in [0.3, 0.4) is 0 Å². The highest BCUT2D eigenvalue weighted by Gasteiger charge is 2.31. The lowest BCUT2D eigenvalue weighted by molar-refractivity contribution is -0.149. The zero-order valence-corrected chi connectivity index (χ0v) is 9.23. The second-order valence-electron chi connectivity index (χ2n) is 3.61. The number of hydrogen-bond acceptors (Lipinski definition) is 3. The Labute approximate surface area is 91.8 Å². The molecule has 7 heteroatoms. The molecule has 0 rings (SSSR count). The van der Waals surface area contributed by atoms with Crippen LogP contribution in [0, 0.1) is 0 Å². The highest BCUT2D eigenvalue weighted by Crippen LogP contribution is 2.19. The highest BCUT2D eigenvalue weighted by molar-refractivity contribution is 5.78. The molecule has 0 aliphatic heterocycles. The van der Waals surface area contributed by atoms with Crippen molar-refractivity contribution in [2.75, 3.05) is 20.3 Å². The van der Waals surface area contributed by atoms with Crippen LogP contribution in [0.4, 0.5) is 13.2 Å². The molecule has 0 aliphatic rings. The summed E-state index contributed by atoms with van der Waals surface area (Å²) in [4.78, 5) is 10.8. The van der Waals surface area contributed by atoms with Crippen molar-refractivity contribution in [1.29, 1.82) is 0 Å². The van der Waals surface area contributed by atoms with Gasteiger partial charge in [0, 0.05) is 6.61 Å². The number of carboxylic acid groups (broad SMARTS) is 1. The average molecular weight is 243 g/mol. The summed E-state index contributed by atoms with van der Waals surface area (Å²) in [5.74, 6) is -1.06. The lowest BCUT2D eigenvalue weighted by Gasteiger charge is -2.23. The van der Waals surface area contributed by atoms with E-state index in [4.69, 9.17) is 9.84 Å². The van der Waals surface area contributed by atoms with E-state index in [1.54, 1.807) is 0 Å². The van der Waals surface area contributed by atoms with Crippen molar-refractivity contribution in [1.82, 2.24) is 5.32 Å². The zero-order valence-electron chi connectivity index (χ0n) is 9.23. The SMILES string of the molecule is CNC(C)(CCOCCC(F)(F)F)C(=O)O. The minimum absolute atomic E-state index is 0.0281. The average Bonchev–Trinajstić information content (AvgIpc) is 2.14. The summed E-state index contributed by atoms with van der Waals surface area (Å²) in [6.45, 7) is 0.977. The minimum Gasteiger partial charge on any atom is -0.480 e. The molecule has 4 nitrogen and oxygen atoms in total. The third kappa shape index (κ3) is 5.92. The van der Waals surface area contributed by atoms with Crippen LogP contribution >= 0.6 is 0 Å². The summed E-state index contributed by atoms with van der Waals surface area (Å²) in [7, 11) is 1.48. The molecule has 0 saturated heterocycles. The van der Waals surface area contributed by atoms with E-state index in [0.717, 1.165) is 0 Å². The first-order chi connectivity index (χ1) is 7.21. The van der Waals surface area contributed by atoms with Gasteiger partial charge in [-0.3, -0.25) is 4.79 Å². The summed E-state index contributed by atoms with van der Waals surface area (Å²) < 4.78 is 39.9. The van der Waals surface area contributed by atoms with E-state index in [1.165, 1.54) is 14.0 Å². The quantitative estimate of drug-likeness (QED) is 0.664. The van der Waals surface area contributed by atoms with E-state index in [-0.39, 0.29) is 13.0 Å². The Hall–Kier alpha value is -0.820. The normalized spacial score (nSPS) is 15.8. The summed E-state index contributed by atoms with van der Waals surface area (Å²) >= 11 is 0. The first-order valence-corrected chi connectivity index (χ1v) is 4.78. The molecule has 96 valence electrons. The van der Waals surface area contributed by atoms with Crippen LogP contribution in [-0.2, 0) is 9.53 Å². The van der Waals surface area contributed by atoms with Gasteiger partial charge in [-0.05, 0) is 20.4 Å². The number of carbonyl (C=O) groups is 1. The number of alkyl halides is 3. The van der Waals surface area contributed by atoms with Gasteiger partial charge in [0.15, 0.2) is 0 Å². The molecule has 0 radical (unpaired) electrons. The summed E-state index contributed by atoms with van der Waals surface area (Å²) in [6, 6.07) is 0. The van der Waals surface area contributed by atoms with Crippen LogP contribution in [0.25, 0.3) is 0 Å². The summed E-state index contributed by atoms with van der Waals surface area (Å²) in [6.07, 6.45) is -5.15. The fourth-order valence-corrected chi connectivity index (χ4v) is 0.905. The predicted octanol–water partition coefficient (Wildman–Crippen LogP) is 1.41. The monoisotopic (exact) mass is 243 g/mol.